The molecule has 7 nitrogen and oxygen atoms in total. The highest BCUT2D eigenvalue weighted by atomic mass is 16.7. The van der Waals surface area contributed by atoms with Gasteiger partial charge in [-0.15, -0.1) is 0 Å². The molecule has 1 saturated heterocycles. The third kappa shape index (κ3) is 4.16. The van der Waals surface area contributed by atoms with Crippen molar-refractivity contribution in [1.29, 1.82) is 0 Å². The lowest BCUT2D eigenvalue weighted by atomic mass is 9.78. The van der Waals surface area contributed by atoms with Crippen LogP contribution in [0, 0.1) is 0 Å². The molecule has 0 aliphatic carbocycles. The largest absolute Gasteiger partial charge is 0.494 e. The molecule has 4 rings (SSSR count). The van der Waals surface area contributed by atoms with Crippen LogP contribution in [0.3, 0.4) is 0 Å². The quantitative estimate of drug-likeness (QED) is 0.678. The second-order valence-corrected chi connectivity index (χ2v) is 10.2. The summed E-state index contributed by atoms with van der Waals surface area (Å²) >= 11 is 0. The van der Waals surface area contributed by atoms with Gasteiger partial charge in [-0.2, -0.15) is 9.78 Å². The van der Waals surface area contributed by atoms with Crippen LogP contribution < -0.4 is 5.46 Å². The molecule has 0 radical (unpaired) electrons. The van der Waals surface area contributed by atoms with Gasteiger partial charge < -0.3 is 18.8 Å². The molecule has 0 amide bonds. The third-order valence-electron chi connectivity index (χ3n) is 6.06. The van der Waals surface area contributed by atoms with Gasteiger partial charge in [0.05, 0.1) is 35.6 Å². The molecule has 0 unspecified atom stereocenters. The van der Waals surface area contributed by atoms with E-state index in [4.69, 9.17) is 18.8 Å². The lowest BCUT2D eigenvalue weighted by Crippen LogP contribution is -2.41. The van der Waals surface area contributed by atoms with Gasteiger partial charge in [0.25, 0.3) is 0 Å². The van der Waals surface area contributed by atoms with Crippen LogP contribution in [0.2, 0.25) is 0 Å². The predicted molar refractivity (Wildman–Crippen MR) is 120 cm³/mol. The first-order valence-electron chi connectivity index (χ1n) is 10.8. The Morgan fingerprint density at radius 1 is 1.16 bits per heavy atom. The van der Waals surface area contributed by atoms with E-state index in [1.54, 1.807) is 0 Å². The van der Waals surface area contributed by atoms with Crippen molar-refractivity contribution >= 4 is 35.2 Å². The molecule has 3 heterocycles. The number of carbonyl (C=O) groups is 1. The molecule has 8 heteroatoms. The Hall–Kier alpha value is -2.16. The molecule has 166 valence electrons. The smallest absolute Gasteiger partial charge is 0.442 e. The fourth-order valence-corrected chi connectivity index (χ4v) is 3.69. The van der Waals surface area contributed by atoms with E-state index in [-0.39, 0.29) is 0 Å². The molecule has 0 saturated carbocycles. The zero-order valence-electron chi connectivity index (χ0n) is 19.4. The zero-order valence-corrected chi connectivity index (χ0v) is 19.4. The molecule has 0 bridgehead atoms. The molecule has 2 aromatic rings. The maximum atomic E-state index is 12.9. The van der Waals surface area contributed by atoms with Gasteiger partial charge in [-0.25, -0.2) is 4.79 Å². The maximum absolute atomic E-state index is 12.9. The number of nitrogens with zero attached hydrogens (tertiary/aromatic N) is 2. The van der Waals surface area contributed by atoms with Gasteiger partial charge >= 0.3 is 13.2 Å². The molecule has 0 spiro atoms. The summed E-state index contributed by atoms with van der Waals surface area (Å²) in [7, 11) is -0.490. The van der Waals surface area contributed by atoms with Gasteiger partial charge in [0.2, 0.25) is 0 Å². The van der Waals surface area contributed by atoms with Crippen molar-refractivity contribution in [2.24, 2.45) is 0 Å². The standard InChI is InChI=1S/C23H31BN2O5/c1-21(2,3)29-20(27)26-18-9-8-16(24-30-22(4,5)23(6,7)31-24)14-17(18)19(25-26)15-10-12-28-13-11-15/h8-10,14H,11-13H2,1-7H3. The molecule has 1 fully saturated rings. The number of fused-ring (bicyclic) bond motifs is 1. The van der Waals surface area contributed by atoms with Gasteiger partial charge in [-0.05, 0) is 72.0 Å². The number of hydrogen-bond acceptors (Lipinski definition) is 6. The van der Waals surface area contributed by atoms with Crippen molar-refractivity contribution in [3.05, 3.63) is 30.0 Å². The Morgan fingerprint density at radius 2 is 1.84 bits per heavy atom. The van der Waals surface area contributed by atoms with Gasteiger partial charge in [0.1, 0.15) is 5.60 Å². The van der Waals surface area contributed by atoms with E-state index in [0.717, 1.165) is 28.5 Å². The van der Waals surface area contributed by atoms with Crippen LogP contribution in [0.25, 0.3) is 16.5 Å². The number of benzene rings is 1. The molecule has 1 aromatic heterocycles. The predicted octanol–water partition coefficient (Wildman–Crippen LogP) is 3.92. The summed E-state index contributed by atoms with van der Waals surface area (Å²) in [5, 5.41) is 5.53. The number of ether oxygens (including phenoxy) is 2. The van der Waals surface area contributed by atoms with E-state index in [9.17, 15) is 4.79 Å². The number of hydrogen-bond donors (Lipinski definition) is 0. The lowest BCUT2D eigenvalue weighted by Gasteiger charge is -2.32. The van der Waals surface area contributed by atoms with Gasteiger partial charge in [0, 0.05) is 5.39 Å². The van der Waals surface area contributed by atoms with Crippen LogP contribution in [0.15, 0.2) is 24.3 Å². The zero-order chi connectivity index (χ0) is 22.6. The summed E-state index contributed by atoms with van der Waals surface area (Å²) in [4.78, 5) is 12.9. The molecule has 2 aliphatic heterocycles. The van der Waals surface area contributed by atoms with Crippen LogP contribution in [-0.2, 0) is 18.8 Å². The summed E-state index contributed by atoms with van der Waals surface area (Å²) in [5.74, 6) is 0. The highest BCUT2D eigenvalue weighted by Gasteiger charge is 2.51. The Balaban J connectivity index is 1.80. The normalized spacial score (nSPS) is 20.7. The molecule has 1 aromatic carbocycles. The van der Waals surface area contributed by atoms with E-state index in [1.165, 1.54) is 4.68 Å². The minimum Gasteiger partial charge on any atom is -0.442 e. The summed E-state index contributed by atoms with van der Waals surface area (Å²) in [6.07, 6.45) is 2.26. The van der Waals surface area contributed by atoms with Crippen molar-refractivity contribution in [3.63, 3.8) is 0 Å². The van der Waals surface area contributed by atoms with Crippen molar-refractivity contribution in [2.45, 2.75) is 71.7 Å². The molecular formula is C23H31BN2O5. The Morgan fingerprint density at radius 3 is 2.42 bits per heavy atom. The van der Waals surface area contributed by atoms with Crippen LogP contribution in [0.4, 0.5) is 4.79 Å². The number of rotatable bonds is 2. The molecule has 31 heavy (non-hydrogen) atoms. The van der Waals surface area contributed by atoms with Gasteiger partial charge in [-0.3, -0.25) is 0 Å². The van der Waals surface area contributed by atoms with Crippen molar-refractivity contribution in [1.82, 2.24) is 9.78 Å². The Labute approximate surface area is 183 Å². The van der Waals surface area contributed by atoms with E-state index in [0.29, 0.717) is 18.7 Å². The topological polar surface area (TPSA) is 71.8 Å². The minimum absolute atomic E-state index is 0.431. The average Bonchev–Trinajstić information content (AvgIpc) is 3.15. The fraction of sp³-hybridized carbons (Fsp3) is 0.565. The Bertz CT molecular complexity index is 1030. The van der Waals surface area contributed by atoms with Crippen molar-refractivity contribution < 1.29 is 23.6 Å². The highest BCUT2D eigenvalue weighted by Crippen LogP contribution is 2.37. The minimum atomic E-state index is -0.615. The Kier molecular flexibility index (Phi) is 5.31. The molecular weight excluding hydrogens is 395 g/mol. The van der Waals surface area contributed by atoms with Crippen molar-refractivity contribution in [2.75, 3.05) is 13.2 Å². The first-order chi connectivity index (χ1) is 14.4. The summed E-state index contributed by atoms with van der Waals surface area (Å²) in [5.41, 5.74) is 1.93. The van der Waals surface area contributed by atoms with E-state index in [2.05, 4.69) is 5.10 Å². The summed E-state index contributed by atoms with van der Waals surface area (Å²) < 4.78 is 24.9. The first-order valence-corrected chi connectivity index (χ1v) is 10.8. The average molecular weight is 426 g/mol. The van der Waals surface area contributed by atoms with Crippen LogP contribution in [0.5, 0.6) is 0 Å². The van der Waals surface area contributed by atoms with Gasteiger partial charge in [-0.1, -0.05) is 18.2 Å². The van der Waals surface area contributed by atoms with Crippen LogP contribution >= 0.6 is 0 Å². The maximum Gasteiger partial charge on any atom is 0.494 e. The van der Waals surface area contributed by atoms with Crippen LogP contribution in [-0.4, -0.2) is 53.0 Å². The second kappa shape index (κ2) is 7.47. The fourth-order valence-electron chi connectivity index (χ4n) is 3.69. The lowest BCUT2D eigenvalue weighted by molar-refractivity contribution is 0.00578. The second-order valence-electron chi connectivity index (χ2n) is 10.2. The third-order valence-corrected chi connectivity index (χ3v) is 6.06. The summed E-state index contributed by atoms with van der Waals surface area (Å²) in [6.45, 7) is 14.8. The van der Waals surface area contributed by atoms with E-state index in [1.807, 2.05) is 72.7 Å². The van der Waals surface area contributed by atoms with E-state index >= 15 is 0 Å². The molecule has 0 atom stereocenters. The SMILES string of the molecule is CC(C)(C)OC(=O)n1nc(C2=CCOCC2)c2cc(B3OC(C)(C)C(C)(C)O3)ccc21. The van der Waals surface area contributed by atoms with Crippen LogP contribution in [0.1, 0.15) is 60.6 Å². The monoisotopic (exact) mass is 426 g/mol. The first kappa shape index (κ1) is 22.1. The van der Waals surface area contributed by atoms with E-state index < -0.39 is 30.0 Å². The summed E-state index contributed by atoms with van der Waals surface area (Å²) in [6, 6.07) is 5.82. The van der Waals surface area contributed by atoms with Crippen molar-refractivity contribution in [3.8, 4) is 0 Å². The molecule has 2 aliphatic rings. The molecule has 0 N–H and O–H groups in total. The number of aromatic nitrogens is 2. The highest BCUT2D eigenvalue weighted by molar-refractivity contribution is 6.62. The number of carbonyl (C=O) groups excluding carboxylic acids is 1. The van der Waals surface area contributed by atoms with Gasteiger partial charge in [0.15, 0.2) is 0 Å².